The molecule has 0 saturated heterocycles. The van der Waals surface area contributed by atoms with Crippen molar-refractivity contribution in [2.24, 2.45) is 4.99 Å². The van der Waals surface area contributed by atoms with E-state index in [0.29, 0.717) is 0 Å². The second-order valence-electron chi connectivity index (χ2n) is 1.46. The Morgan fingerprint density at radius 2 is 2.00 bits per heavy atom. The van der Waals surface area contributed by atoms with Crippen molar-refractivity contribution in [1.29, 1.82) is 0 Å². The molecule has 2 nitrogen and oxygen atoms in total. The molecule has 0 aliphatic carbocycles. The first-order valence-corrected chi connectivity index (χ1v) is 2.95. The van der Waals surface area contributed by atoms with Crippen LogP contribution < -0.4 is 0 Å². The molecule has 0 aromatic rings. The van der Waals surface area contributed by atoms with Crippen molar-refractivity contribution in [1.82, 2.24) is 0 Å². The Labute approximate surface area is 88.4 Å². The van der Waals surface area contributed by atoms with Crippen LogP contribution in [0, 0.1) is 14.0 Å². The summed E-state index contributed by atoms with van der Waals surface area (Å²) in [5.74, 6) is 0. The fourth-order valence-corrected chi connectivity index (χ4v) is 0.250. The van der Waals surface area contributed by atoms with E-state index in [0.717, 1.165) is 6.42 Å². The van der Waals surface area contributed by atoms with Crippen molar-refractivity contribution >= 4 is 6.08 Å². The summed E-state index contributed by atoms with van der Waals surface area (Å²) in [5, 5.41) is 0. The first-order chi connectivity index (χ1) is 4.33. The zero-order chi connectivity index (χ0) is 7.54. The summed E-state index contributed by atoms with van der Waals surface area (Å²) in [6.07, 6.45) is 4.85. The Balaban J connectivity index is -0.0000000910. The summed E-state index contributed by atoms with van der Waals surface area (Å²) in [6, 6.07) is 0. The van der Waals surface area contributed by atoms with Crippen LogP contribution >= 0.6 is 0 Å². The summed E-state index contributed by atoms with van der Waals surface area (Å²) in [5.41, 5.74) is 0. The van der Waals surface area contributed by atoms with Crippen molar-refractivity contribution < 1.29 is 37.5 Å². The zero-order valence-corrected chi connectivity index (χ0v) is 9.31. The molecule has 0 heterocycles. The number of carbonyl (C=O) groups excluding carboxylic acids is 1. The third-order valence-corrected chi connectivity index (χ3v) is 0.668. The van der Waals surface area contributed by atoms with Crippen molar-refractivity contribution in [2.75, 3.05) is 0 Å². The van der Waals surface area contributed by atoms with Gasteiger partial charge in [-0.15, -0.1) is 0 Å². The van der Waals surface area contributed by atoms with Crippen LogP contribution in [-0.2, 0) is 37.5 Å². The molecule has 0 spiro atoms. The van der Waals surface area contributed by atoms with E-state index in [1.54, 1.807) is 0 Å². The van der Waals surface area contributed by atoms with Crippen LogP contribution in [0.4, 0.5) is 0 Å². The quantitative estimate of drug-likeness (QED) is 0.395. The average molecular weight is 216 g/mol. The summed E-state index contributed by atoms with van der Waals surface area (Å²) in [6.45, 7) is 5.85. The van der Waals surface area contributed by atoms with Crippen LogP contribution in [0.25, 0.3) is 0 Å². The van der Waals surface area contributed by atoms with E-state index >= 15 is 0 Å². The van der Waals surface area contributed by atoms with Crippen LogP contribution in [0.5, 0.6) is 0 Å². The van der Waals surface area contributed by atoms with Crippen molar-refractivity contribution in [3.8, 4) is 0 Å². The van der Waals surface area contributed by atoms with E-state index in [1.807, 2.05) is 0 Å². The molecule has 0 aromatic carbocycles. The van der Waals surface area contributed by atoms with E-state index in [-0.39, 0.29) is 32.7 Å². The molecule has 0 saturated carbocycles. The zero-order valence-electron chi connectivity index (χ0n) is 6.47. The maximum Gasteiger partial charge on any atom is 3.00 e. The molecule has 0 rings (SSSR count). The Morgan fingerprint density at radius 3 is 2.00 bits per heavy atom. The van der Waals surface area contributed by atoms with Crippen molar-refractivity contribution in [3.63, 3.8) is 0 Å². The average Bonchev–Trinajstić information content (AvgIpc) is 1.91. The fraction of sp³-hybridized carbons (Fsp3) is 0.571. The standard InChI is InChI=1S/C5H11.C2H2NO.Y/c1-3-5-4-2;1-3-2-4;/h1,3-5H2,2H3;1H2;/q2*-1;+3. The molecular weight excluding hydrogens is 203 g/mol. The van der Waals surface area contributed by atoms with Gasteiger partial charge in [-0.1, -0.05) is 19.8 Å². The van der Waals surface area contributed by atoms with E-state index in [1.165, 1.54) is 18.9 Å². The molecule has 0 bridgehead atoms. The number of rotatable bonds is 2. The van der Waals surface area contributed by atoms with Crippen molar-refractivity contribution in [3.05, 3.63) is 14.0 Å². The third-order valence-electron chi connectivity index (χ3n) is 0.668. The van der Waals surface area contributed by atoms with Crippen molar-refractivity contribution in [2.45, 2.75) is 26.2 Å². The predicted octanol–water partition coefficient (Wildman–Crippen LogP) is 2.12. The number of isocyanates is 1. The molecule has 0 aromatic heterocycles. The van der Waals surface area contributed by atoms with Crippen LogP contribution in [-0.4, -0.2) is 6.08 Å². The van der Waals surface area contributed by atoms with Gasteiger partial charge in [0.25, 0.3) is 0 Å². The number of hydrogen-bond donors (Lipinski definition) is 0. The largest absolute Gasteiger partial charge is 3.00 e. The summed E-state index contributed by atoms with van der Waals surface area (Å²) < 4.78 is 0. The first-order valence-electron chi connectivity index (χ1n) is 2.95. The molecule has 0 amide bonds. The Kier molecular flexibility index (Phi) is 38.1. The molecule has 3 heteroatoms. The van der Waals surface area contributed by atoms with Crippen LogP contribution in [0.15, 0.2) is 4.99 Å². The number of aliphatic imine (C=N–C) groups is 1. The maximum absolute atomic E-state index is 8.82. The fourth-order valence-electron chi connectivity index (χ4n) is 0.250. The molecule has 0 aliphatic rings. The molecule has 0 fully saturated rings. The van der Waals surface area contributed by atoms with E-state index < -0.39 is 0 Å². The van der Waals surface area contributed by atoms with Gasteiger partial charge in [0.1, 0.15) is 0 Å². The minimum absolute atomic E-state index is 0. The second-order valence-corrected chi connectivity index (χ2v) is 1.46. The van der Waals surface area contributed by atoms with Gasteiger partial charge < -0.3 is 16.7 Å². The predicted molar refractivity (Wildman–Crippen MR) is 38.4 cm³/mol. The molecule has 0 unspecified atom stereocenters. The normalized spacial score (nSPS) is 5.80. The Bertz CT molecular complexity index is 77.7. The SMILES string of the molecule is [CH2-]CCCC.[CH2-]N=C=O.[Y+3]. The Hall–Kier alpha value is 0.354. The van der Waals surface area contributed by atoms with Crippen LogP contribution in [0.2, 0.25) is 0 Å². The third kappa shape index (κ3) is 40.2. The number of nitrogens with zero attached hydrogens (tertiary/aromatic N) is 1. The second kappa shape index (κ2) is 22.8. The molecule has 0 atom stereocenters. The monoisotopic (exact) mass is 216 g/mol. The summed E-state index contributed by atoms with van der Waals surface area (Å²) >= 11 is 0. The minimum atomic E-state index is 0. The van der Waals surface area contributed by atoms with Crippen LogP contribution in [0.3, 0.4) is 0 Å². The van der Waals surface area contributed by atoms with Gasteiger partial charge in [-0.05, 0) is 6.08 Å². The van der Waals surface area contributed by atoms with Gasteiger partial charge in [-0.25, -0.2) is 0 Å². The topological polar surface area (TPSA) is 29.4 Å². The van der Waals surface area contributed by atoms with Gasteiger partial charge in [-0.3, -0.25) is 0 Å². The molecular formula is C7H13NOY+. The maximum atomic E-state index is 8.82. The molecule has 0 aliphatic heterocycles. The molecule has 0 N–H and O–H groups in total. The van der Waals surface area contributed by atoms with E-state index in [2.05, 4.69) is 25.9 Å². The van der Waals surface area contributed by atoms with Gasteiger partial charge in [0, 0.05) is 0 Å². The van der Waals surface area contributed by atoms with Crippen LogP contribution in [0.1, 0.15) is 26.2 Å². The smallest absolute Gasteiger partial charge is 0.389 e. The molecule has 10 heavy (non-hydrogen) atoms. The van der Waals surface area contributed by atoms with Gasteiger partial charge in [0.05, 0.1) is 0 Å². The van der Waals surface area contributed by atoms with Gasteiger partial charge in [-0.2, -0.15) is 13.5 Å². The number of hydrogen-bond acceptors (Lipinski definition) is 2. The minimum Gasteiger partial charge on any atom is -0.389 e. The molecule has 54 valence electrons. The first kappa shape index (κ1) is 16.8. The van der Waals surface area contributed by atoms with Gasteiger partial charge >= 0.3 is 32.7 Å². The van der Waals surface area contributed by atoms with E-state index in [9.17, 15) is 0 Å². The van der Waals surface area contributed by atoms with Gasteiger partial charge in [0.15, 0.2) is 0 Å². The summed E-state index contributed by atoms with van der Waals surface area (Å²) in [4.78, 5) is 11.5. The van der Waals surface area contributed by atoms with E-state index in [4.69, 9.17) is 4.79 Å². The number of unbranched alkanes of at least 4 members (excludes halogenated alkanes) is 2. The molecule has 0 radical (unpaired) electrons. The van der Waals surface area contributed by atoms with Gasteiger partial charge in [0.2, 0.25) is 0 Å². The Morgan fingerprint density at radius 1 is 1.60 bits per heavy atom. The summed E-state index contributed by atoms with van der Waals surface area (Å²) in [7, 11) is 2.81.